The molecule has 0 unspecified atom stereocenters. The molecule has 0 aromatic carbocycles. The average Bonchev–Trinajstić information content (AvgIpc) is 1.88. The van der Waals surface area contributed by atoms with E-state index in [1.54, 1.807) is 0 Å². The molecule has 0 aliphatic heterocycles. The molecule has 11 heavy (non-hydrogen) atoms. The van der Waals surface area contributed by atoms with Crippen molar-refractivity contribution in [2.24, 2.45) is 0 Å². The zero-order valence-electron chi connectivity index (χ0n) is 7.25. The summed E-state index contributed by atoms with van der Waals surface area (Å²) < 4.78 is 0. The van der Waals surface area contributed by atoms with Crippen LogP contribution in [0.1, 0.15) is 46.0 Å². The summed E-state index contributed by atoms with van der Waals surface area (Å²) in [7, 11) is 15.0. The molecule has 0 saturated carbocycles. The Morgan fingerprint density at radius 1 is 0.818 bits per heavy atom. The van der Waals surface area contributed by atoms with Gasteiger partial charge in [0.25, 0.3) is 0 Å². The molecular formula is C7H16Cl3Ga. The second kappa shape index (κ2) is 14.1. The number of hydrogen-bond acceptors (Lipinski definition) is 0. The van der Waals surface area contributed by atoms with Gasteiger partial charge >= 0.3 is 42.1 Å². The Bertz CT molecular complexity index is 52.9. The van der Waals surface area contributed by atoms with Crippen LogP contribution in [0, 0.1) is 0 Å². The third-order valence-electron chi connectivity index (χ3n) is 1.21. The molecule has 0 amide bonds. The standard InChI is InChI=1S/C7H16.3ClH.Ga/c1-3-5-7-6-4-2;;;;/h3-7H2,1-2H3;3*1H;/q;;;;+3/p-3. The molecule has 0 spiro atoms. The summed E-state index contributed by atoms with van der Waals surface area (Å²) in [6.45, 7) is 4.49. The fourth-order valence-electron chi connectivity index (χ4n) is 0.677. The van der Waals surface area contributed by atoms with Gasteiger partial charge in [-0.2, -0.15) is 0 Å². The van der Waals surface area contributed by atoms with Crippen LogP contribution < -0.4 is 0 Å². The van der Waals surface area contributed by atoms with E-state index in [0.29, 0.717) is 0 Å². The average molecular weight is 276 g/mol. The maximum atomic E-state index is 4.99. The van der Waals surface area contributed by atoms with Crippen molar-refractivity contribution in [1.82, 2.24) is 0 Å². The van der Waals surface area contributed by atoms with Crippen LogP contribution >= 0.6 is 28.9 Å². The first-order chi connectivity index (χ1) is 5.15. The van der Waals surface area contributed by atoms with E-state index in [2.05, 4.69) is 13.8 Å². The van der Waals surface area contributed by atoms with Gasteiger partial charge in [-0.25, -0.2) is 0 Å². The first-order valence-electron chi connectivity index (χ1n) is 4.07. The summed E-state index contributed by atoms with van der Waals surface area (Å²) in [6, 6.07) is 0. The van der Waals surface area contributed by atoms with Crippen molar-refractivity contribution in [3.05, 3.63) is 0 Å². The summed E-state index contributed by atoms with van der Waals surface area (Å²) >= 11 is -2.06. The number of rotatable bonds is 4. The molecule has 0 saturated heterocycles. The molecule has 0 aromatic heterocycles. The number of unbranched alkanes of at least 4 members (excludes halogenated alkanes) is 4. The molecule has 0 aliphatic rings. The van der Waals surface area contributed by atoms with Crippen molar-refractivity contribution < 1.29 is 0 Å². The quantitative estimate of drug-likeness (QED) is 0.517. The minimum atomic E-state index is -2.06. The fourth-order valence-corrected chi connectivity index (χ4v) is 0.677. The van der Waals surface area contributed by atoms with E-state index in [9.17, 15) is 0 Å². The van der Waals surface area contributed by atoms with Crippen LogP contribution in [0.25, 0.3) is 0 Å². The van der Waals surface area contributed by atoms with E-state index in [-0.39, 0.29) is 0 Å². The second-order valence-corrected chi connectivity index (χ2v) is 13.6. The normalized spacial score (nSPS) is 8.45. The minimum absolute atomic E-state index is 1.36. The van der Waals surface area contributed by atoms with Gasteiger partial charge in [-0.1, -0.05) is 46.0 Å². The second-order valence-electron chi connectivity index (χ2n) is 2.31. The van der Waals surface area contributed by atoms with Crippen LogP contribution in [-0.2, 0) is 0 Å². The Morgan fingerprint density at radius 3 is 1.27 bits per heavy atom. The molecule has 0 aliphatic carbocycles. The van der Waals surface area contributed by atoms with E-state index < -0.39 is 13.2 Å². The topological polar surface area (TPSA) is 0 Å². The van der Waals surface area contributed by atoms with Crippen LogP contribution in [-0.4, -0.2) is 13.2 Å². The monoisotopic (exact) mass is 274 g/mol. The summed E-state index contributed by atoms with van der Waals surface area (Å²) in [4.78, 5) is 0. The van der Waals surface area contributed by atoms with E-state index in [1.807, 2.05) is 0 Å². The predicted octanol–water partition coefficient (Wildman–Crippen LogP) is 4.66. The molecule has 0 N–H and O–H groups in total. The van der Waals surface area contributed by atoms with Gasteiger partial charge in [-0.3, -0.25) is 0 Å². The molecule has 4 heteroatoms. The van der Waals surface area contributed by atoms with Gasteiger partial charge in [-0.15, -0.1) is 0 Å². The molecule has 0 fully saturated rings. The van der Waals surface area contributed by atoms with Gasteiger partial charge in [0.05, 0.1) is 0 Å². The molecule has 0 radical (unpaired) electrons. The Hall–Kier alpha value is 1.51. The van der Waals surface area contributed by atoms with Gasteiger partial charge < -0.3 is 0 Å². The molecular weight excluding hydrogens is 260 g/mol. The number of halogens is 3. The first-order valence-corrected chi connectivity index (χ1v) is 13.6. The van der Waals surface area contributed by atoms with Gasteiger partial charge in [0.15, 0.2) is 0 Å². The maximum absolute atomic E-state index is 4.99. The Morgan fingerprint density at radius 2 is 1.09 bits per heavy atom. The first kappa shape index (κ1) is 15.0. The van der Waals surface area contributed by atoms with Gasteiger partial charge in [0, 0.05) is 0 Å². The Labute approximate surface area is 87.7 Å². The summed E-state index contributed by atoms with van der Waals surface area (Å²) in [5.74, 6) is 0. The molecule has 0 nitrogen and oxygen atoms in total. The molecule has 0 bridgehead atoms. The van der Waals surface area contributed by atoms with Crippen LogP contribution in [0.2, 0.25) is 0 Å². The van der Waals surface area contributed by atoms with Gasteiger partial charge in [0.1, 0.15) is 0 Å². The van der Waals surface area contributed by atoms with Crippen molar-refractivity contribution in [1.29, 1.82) is 0 Å². The van der Waals surface area contributed by atoms with Crippen molar-refractivity contribution in [3.8, 4) is 0 Å². The molecule has 0 aromatic rings. The van der Waals surface area contributed by atoms with E-state index in [0.717, 1.165) is 0 Å². The van der Waals surface area contributed by atoms with Gasteiger partial charge in [0.2, 0.25) is 0 Å². The van der Waals surface area contributed by atoms with Crippen LogP contribution in [0.5, 0.6) is 0 Å². The molecule has 0 rings (SSSR count). The Kier molecular flexibility index (Phi) is 19.2. The molecule has 68 valence electrons. The Balaban J connectivity index is 0. The van der Waals surface area contributed by atoms with Crippen LogP contribution in [0.4, 0.5) is 0 Å². The third-order valence-corrected chi connectivity index (χ3v) is 1.21. The third kappa shape index (κ3) is 34.3. The fraction of sp³-hybridized carbons (Fsp3) is 1.00. The predicted molar refractivity (Wildman–Crippen MR) is 57.7 cm³/mol. The molecule has 0 heterocycles. The van der Waals surface area contributed by atoms with Gasteiger partial charge in [-0.05, 0) is 0 Å². The van der Waals surface area contributed by atoms with Crippen LogP contribution in [0.15, 0.2) is 0 Å². The van der Waals surface area contributed by atoms with E-state index in [1.165, 1.54) is 32.1 Å². The van der Waals surface area contributed by atoms with E-state index >= 15 is 0 Å². The van der Waals surface area contributed by atoms with E-state index in [4.69, 9.17) is 28.9 Å². The summed E-state index contributed by atoms with van der Waals surface area (Å²) in [5, 5.41) is 0. The SMILES string of the molecule is CCCCCCC.[Cl][Ga]([Cl])[Cl]. The molecule has 0 atom stereocenters. The van der Waals surface area contributed by atoms with Crippen LogP contribution in [0.3, 0.4) is 0 Å². The summed E-state index contributed by atoms with van der Waals surface area (Å²) in [5.41, 5.74) is 0. The van der Waals surface area contributed by atoms with Crippen molar-refractivity contribution in [2.45, 2.75) is 46.0 Å². The number of hydrogen-bond donors (Lipinski definition) is 0. The van der Waals surface area contributed by atoms with Crippen molar-refractivity contribution >= 4 is 42.1 Å². The van der Waals surface area contributed by atoms with Crippen molar-refractivity contribution in [2.75, 3.05) is 0 Å². The zero-order valence-corrected chi connectivity index (χ0v) is 11.9. The summed E-state index contributed by atoms with van der Waals surface area (Å²) in [6.07, 6.45) is 7.01. The van der Waals surface area contributed by atoms with Crippen molar-refractivity contribution in [3.63, 3.8) is 0 Å². The zero-order chi connectivity index (χ0) is 9.11.